The minimum atomic E-state index is -0.139. The van der Waals surface area contributed by atoms with Gasteiger partial charge in [-0.2, -0.15) is 0 Å². The summed E-state index contributed by atoms with van der Waals surface area (Å²) in [5, 5.41) is 2.73. The number of aryl methyl sites for hydroxylation is 1. The molecule has 0 saturated heterocycles. The van der Waals surface area contributed by atoms with Gasteiger partial charge in [0, 0.05) is 23.6 Å². The number of rotatable bonds is 2. The predicted octanol–water partition coefficient (Wildman–Crippen LogP) is 3.50. The summed E-state index contributed by atoms with van der Waals surface area (Å²) < 4.78 is 0. The Balaban J connectivity index is 1.51. The second kappa shape index (κ2) is 5.17. The van der Waals surface area contributed by atoms with Crippen LogP contribution >= 0.6 is 0 Å². The number of hydrogen-bond acceptors (Lipinski definition) is 2. The summed E-state index contributed by atoms with van der Waals surface area (Å²) in [6.07, 6.45) is 9.73. The third-order valence-corrected chi connectivity index (χ3v) is 6.30. The molecule has 0 radical (unpaired) electrons. The fourth-order valence-corrected chi connectivity index (χ4v) is 5.21. The molecule has 1 aromatic rings. The van der Waals surface area contributed by atoms with Crippen LogP contribution in [0.3, 0.4) is 0 Å². The van der Waals surface area contributed by atoms with Gasteiger partial charge in [-0.1, -0.05) is 29.8 Å². The maximum Gasteiger partial charge on any atom is 0.230 e. The van der Waals surface area contributed by atoms with Gasteiger partial charge in [-0.25, -0.2) is 0 Å². The lowest BCUT2D eigenvalue weighted by atomic mass is 9.75. The van der Waals surface area contributed by atoms with E-state index in [2.05, 4.69) is 23.5 Å². The second-order valence-corrected chi connectivity index (χ2v) is 7.53. The molecule has 1 aliphatic heterocycles. The molecule has 1 aromatic carbocycles. The summed E-state index contributed by atoms with van der Waals surface area (Å²) in [5.74, 6) is 0.650. The number of allylic oxidation sites excluding steroid dienone is 2. The van der Waals surface area contributed by atoms with Crippen LogP contribution in [0.4, 0.5) is 0 Å². The van der Waals surface area contributed by atoms with Crippen LogP contribution in [0.2, 0.25) is 0 Å². The fraction of sp³-hybridized carbons (Fsp3) is 0.429. The Morgan fingerprint density at radius 3 is 2.88 bits per heavy atom. The van der Waals surface area contributed by atoms with E-state index in [-0.39, 0.29) is 23.5 Å². The number of amides is 1. The van der Waals surface area contributed by atoms with E-state index in [9.17, 15) is 9.59 Å². The van der Waals surface area contributed by atoms with E-state index in [0.29, 0.717) is 12.3 Å². The third kappa shape index (κ3) is 1.90. The predicted molar refractivity (Wildman–Crippen MR) is 92.2 cm³/mol. The Hall–Kier alpha value is -2.16. The van der Waals surface area contributed by atoms with Crippen molar-refractivity contribution in [2.45, 2.75) is 44.4 Å². The molecular formula is C21H21NO2. The number of benzene rings is 1. The van der Waals surface area contributed by atoms with Crippen molar-refractivity contribution in [3.63, 3.8) is 0 Å². The quantitative estimate of drug-likeness (QED) is 0.907. The van der Waals surface area contributed by atoms with Gasteiger partial charge in [0.25, 0.3) is 0 Å². The first-order valence-electron chi connectivity index (χ1n) is 9.10. The number of carbonyl (C=O) groups excluding carboxylic acids is 2. The maximum absolute atomic E-state index is 13.2. The number of hydrogen-bond donors (Lipinski definition) is 1. The smallest absolute Gasteiger partial charge is 0.230 e. The standard InChI is InChI=1S/C21H21NO2/c23-20-13(11-14-9-10-22-21(14)24)7-8-16-15-5-1-3-12-4-2-6-17(18(12)15)19(16)20/h2,4,6,9-10,13-15H,1,3,5,7-8,11H2,(H,22,24)/t13-,14?,15?/m1/s1. The van der Waals surface area contributed by atoms with Crippen LogP contribution in [0.15, 0.2) is 36.0 Å². The Kier molecular flexibility index (Phi) is 3.06. The number of ketones is 1. The summed E-state index contributed by atoms with van der Waals surface area (Å²) in [6.45, 7) is 0. The summed E-state index contributed by atoms with van der Waals surface area (Å²) in [7, 11) is 0. The average molecular weight is 319 g/mol. The molecule has 24 heavy (non-hydrogen) atoms. The van der Waals surface area contributed by atoms with E-state index < -0.39 is 0 Å². The largest absolute Gasteiger partial charge is 0.332 e. The van der Waals surface area contributed by atoms with Crippen molar-refractivity contribution in [1.29, 1.82) is 0 Å². The van der Waals surface area contributed by atoms with E-state index in [1.807, 2.05) is 6.08 Å². The van der Waals surface area contributed by atoms with Gasteiger partial charge in [-0.15, -0.1) is 0 Å². The van der Waals surface area contributed by atoms with Crippen molar-refractivity contribution in [3.05, 3.63) is 52.7 Å². The molecule has 0 aromatic heterocycles. The van der Waals surface area contributed by atoms with Crippen LogP contribution in [-0.4, -0.2) is 11.7 Å². The average Bonchev–Trinajstić information content (AvgIpc) is 3.15. The zero-order valence-electron chi connectivity index (χ0n) is 13.7. The number of Topliss-reactive ketones (excluding diaryl/α,β-unsaturated/α-hetero) is 1. The molecule has 3 aliphatic carbocycles. The zero-order valence-corrected chi connectivity index (χ0v) is 13.7. The molecule has 2 unspecified atom stereocenters. The Bertz CT molecular complexity index is 817. The van der Waals surface area contributed by atoms with Gasteiger partial charge in [0.05, 0.1) is 5.92 Å². The second-order valence-electron chi connectivity index (χ2n) is 7.53. The summed E-state index contributed by atoms with van der Waals surface area (Å²) in [5.41, 5.74) is 6.50. The van der Waals surface area contributed by atoms with E-state index in [0.717, 1.165) is 24.8 Å². The van der Waals surface area contributed by atoms with Crippen molar-refractivity contribution < 1.29 is 9.59 Å². The molecule has 3 nitrogen and oxygen atoms in total. The fourth-order valence-electron chi connectivity index (χ4n) is 5.21. The molecule has 0 saturated carbocycles. The van der Waals surface area contributed by atoms with Crippen molar-refractivity contribution in [2.24, 2.45) is 11.8 Å². The van der Waals surface area contributed by atoms with Gasteiger partial charge in [-0.05, 0) is 55.2 Å². The molecular weight excluding hydrogens is 298 g/mol. The molecule has 1 N–H and O–H groups in total. The summed E-state index contributed by atoms with van der Waals surface area (Å²) in [4.78, 5) is 25.1. The van der Waals surface area contributed by atoms with Crippen LogP contribution in [0, 0.1) is 11.8 Å². The van der Waals surface area contributed by atoms with Crippen molar-refractivity contribution in [1.82, 2.24) is 5.32 Å². The van der Waals surface area contributed by atoms with Crippen LogP contribution in [0.1, 0.15) is 54.7 Å². The Labute approximate surface area is 141 Å². The molecule has 3 atom stereocenters. The lowest BCUT2D eigenvalue weighted by Crippen LogP contribution is -2.27. The van der Waals surface area contributed by atoms with Crippen LogP contribution in [0.5, 0.6) is 0 Å². The zero-order chi connectivity index (χ0) is 16.3. The SMILES string of the molecule is O=C1NC=CC1C[C@H]1CCC2=C(C1=O)c1cccc3c1C2CCC3. The first-order chi connectivity index (χ1) is 11.7. The number of nitrogens with one attached hydrogen (secondary N) is 1. The van der Waals surface area contributed by atoms with Crippen molar-refractivity contribution >= 4 is 17.3 Å². The highest BCUT2D eigenvalue weighted by atomic mass is 16.2. The van der Waals surface area contributed by atoms with Crippen LogP contribution in [-0.2, 0) is 16.0 Å². The van der Waals surface area contributed by atoms with E-state index >= 15 is 0 Å². The lowest BCUT2D eigenvalue weighted by Gasteiger charge is -2.27. The first kappa shape index (κ1) is 14.2. The highest BCUT2D eigenvalue weighted by Gasteiger charge is 2.42. The van der Waals surface area contributed by atoms with Gasteiger partial charge in [-0.3, -0.25) is 9.59 Å². The topological polar surface area (TPSA) is 46.2 Å². The third-order valence-electron chi connectivity index (χ3n) is 6.30. The number of fused-ring (bicyclic) bond motifs is 2. The molecule has 0 spiro atoms. The monoisotopic (exact) mass is 319 g/mol. The first-order valence-corrected chi connectivity index (χ1v) is 9.10. The molecule has 0 fully saturated rings. The maximum atomic E-state index is 13.2. The summed E-state index contributed by atoms with van der Waals surface area (Å²) >= 11 is 0. The van der Waals surface area contributed by atoms with Crippen LogP contribution in [0.25, 0.3) is 5.57 Å². The highest BCUT2D eigenvalue weighted by molar-refractivity contribution is 6.25. The van der Waals surface area contributed by atoms with Gasteiger partial charge >= 0.3 is 0 Å². The van der Waals surface area contributed by atoms with Crippen molar-refractivity contribution in [2.75, 3.05) is 0 Å². The van der Waals surface area contributed by atoms with Gasteiger partial charge in [0.2, 0.25) is 5.91 Å². The summed E-state index contributed by atoms with van der Waals surface area (Å²) in [6, 6.07) is 6.48. The van der Waals surface area contributed by atoms with Gasteiger partial charge in [0.15, 0.2) is 5.78 Å². The van der Waals surface area contributed by atoms with Crippen molar-refractivity contribution in [3.8, 4) is 0 Å². The molecule has 1 heterocycles. The Morgan fingerprint density at radius 2 is 2.04 bits per heavy atom. The normalized spacial score (nSPS) is 30.4. The van der Waals surface area contributed by atoms with Gasteiger partial charge < -0.3 is 5.32 Å². The van der Waals surface area contributed by atoms with E-state index in [1.54, 1.807) is 6.20 Å². The molecule has 4 aliphatic rings. The van der Waals surface area contributed by atoms with E-state index in [4.69, 9.17) is 0 Å². The lowest BCUT2D eigenvalue weighted by molar-refractivity contribution is -0.123. The molecule has 1 amide bonds. The molecule has 5 rings (SSSR count). The van der Waals surface area contributed by atoms with E-state index in [1.165, 1.54) is 35.1 Å². The molecule has 3 heteroatoms. The minimum Gasteiger partial charge on any atom is -0.332 e. The minimum absolute atomic E-state index is 0.0155. The molecule has 122 valence electrons. The van der Waals surface area contributed by atoms with Crippen LogP contribution < -0.4 is 5.32 Å². The molecule has 0 bridgehead atoms. The Morgan fingerprint density at radius 1 is 1.12 bits per heavy atom. The van der Waals surface area contributed by atoms with Gasteiger partial charge in [0.1, 0.15) is 0 Å². The number of carbonyl (C=O) groups is 2. The highest BCUT2D eigenvalue weighted by Crippen LogP contribution is 2.53.